The number of aliphatic hydroxyl groups excluding tert-OH is 11. The Kier molecular flexibility index (Phi) is 59.6. The van der Waals surface area contributed by atoms with Crippen molar-refractivity contribution in [3.8, 4) is 0 Å². The summed E-state index contributed by atoms with van der Waals surface area (Å²) in [5.74, 6) is -35.5. The molecule has 0 fully saturated rings. The van der Waals surface area contributed by atoms with Gasteiger partial charge in [0.05, 0.1) is 134 Å². The van der Waals surface area contributed by atoms with Crippen LogP contribution in [0.15, 0.2) is 0 Å². The number of aliphatic hydroxyl groups is 11. The van der Waals surface area contributed by atoms with E-state index < -0.39 is 422 Å². The minimum atomic E-state index is -2.17. The second-order valence-electron chi connectivity index (χ2n) is 32.6. The molecule has 42 N–H and O–H groups in total. The number of carbonyl (C=O) groups is 28. The van der Waals surface area contributed by atoms with Crippen LogP contribution in [0.4, 0.5) is 0 Å². The first kappa shape index (κ1) is 132. The zero-order valence-corrected chi connectivity index (χ0v) is 80.7. The number of carboxylic acid groups (broad SMARTS) is 3. The van der Waals surface area contributed by atoms with E-state index in [-0.39, 0.29) is 0 Å². The quantitative estimate of drug-likeness (QED) is 0.0269. The number of carboxylic acids is 3. The van der Waals surface area contributed by atoms with Crippen LogP contribution in [0.25, 0.3) is 0 Å². The van der Waals surface area contributed by atoms with Gasteiger partial charge in [-0.1, -0.05) is 0 Å². The van der Waals surface area contributed by atoms with E-state index in [1.54, 1.807) is 0 Å². The van der Waals surface area contributed by atoms with Crippen LogP contribution in [0.1, 0.15) is 101 Å². The van der Waals surface area contributed by atoms with Gasteiger partial charge in [-0.2, -0.15) is 0 Å². The number of hydrogen-bond donors (Lipinski definition) is 40. The van der Waals surface area contributed by atoms with Crippen molar-refractivity contribution in [1.82, 2.24) is 128 Å². The molecule has 0 aliphatic rings. The molecule has 68 nitrogen and oxygen atoms in total. The first-order chi connectivity index (χ1) is 68.3. The molecule has 0 aromatic heterocycles. The van der Waals surface area contributed by atoms with Crippen molar-refractivity contribution in [2.45, 2.75) is 247 Å². The van der Waals surface area contributed by atoms with Crippen LogP contribution in [0, 0.1) is 0 Å². The Bertz CT molecular complexity index is 4660. The molecule has 0 aromatic rings. The van der Waals surface area contributed by atoms with Crippen LogP contribution in [0.5, 0.6) is 0 Å². The lowest BCUT2D eigenvalue weighted by Gasteiger charge is -2.29. The van der Waals surface area contributed by atoms with Crippen LogP contribution >= 0.6 is 0 Å². The average molecular weight is 2120 g/mol. The zero-order valence-electron chi connectivity index (χ0n) is 80.7. The molecule has 0 aliphatic heterocycles. The van der Waals surface area contributed by atoms with Crippen LogP contribution in [-0.4, -0.2) is 461 Å². The van der Waals surface area contributed by atoms with Gasteiger partial charge in [-0.15, -0.1) is 0 Å². The number of nitrogens with one attached hydrogen (secondary N) is 24. The second-order valence-corrected chi connectivity index (χ2v) is 32.6. The number of rotatable bonds is 68. The van der Waals surface area contributed by atoms with Crippen molar-refractivity contribution in [3.05, 3.63) is 0 Å². The number of primary amides is 1. The van der Waals surface area contributed by atoms with Gasteiger partial charge in [0, 0.05) is 12.8 Å². The lowest BCUT2D eigenvalue weighted by atomic mass is 10.1. The maximum Gasteiger partial charge on any atom is 0.328 e. The minimum absolute atomic E-state index is 0.680. The number of carbonyl (C=O) groups excluding carboxylic acids is 25. The molecule has 828 valence electrons. The molecule has 24 atom stereocenters. The van der Waals surface area contributed by atoms with E-state index in [2.05, 4.69) is 58.5 Å². The first-order valence-corrected chi connectivity index (χ1v) is 44.3. The topological polar surface area (TPSA) is 1100 Å². The molecular weight excluding hydrogens is 1990 g/mol. The fraction of sp³-hybridized carbons (Fsp3) is 0.646. The highest BCUT2D eigenvalue weighted by atomic mass is 16.4. The summed E-state index contributed by atoms with van der Waals surface area (Å²) in [5.41, 5.74) is 10.6. The number of aliphatic carboxylic acids is 3. The molecule has 0 spiro atoms. The van der Waals surface area contributed by atoms with Crippen LogP contribution < -0.4 is 139 Å². The Balaban J connectivity index is 5.80. The summed E-state index contributed by atoms with van der Waals surface area (Å²) in [4.78, 5) is 358. The Labute approximate surface area is 833 Å². The summed E-state index contributed by atoms with van der Waals surface area (Å²) in [6, 6.07) is -30.2. The molecule has 0 saturated carbocycles. The molecule has 0 unspecified atom stereocenters. The fourth-order valence-corrected chi connectivity index (χ4v) is 11.6. The molecule has 68 heteroatoms. The smallest absolute Gasteiger partial charge is 0.328 e. The fourth-order valence-electron chi connectivity index (χ4n) is 11.6. The highest BCUT2D eigenvalue weighted by Gasteiger charge is 2.41. The van der Waals surface area contributed by atoms with E-state index in [1.807, 2.05) is 69.1 Å². The first-order valence-electron chi connectivity index (χ1n) is 44.3. The molecule has 0 rings (SSSR count). The molecule has 0 heterocycles. The van der Waals surface area contributed by atoms with Crippen molar-refractivity contribution in [2.75, 3.05) is 78.7 Å². The van der Waals surface area contributed by atoms with E-state index in [9.17, 15) is 201 Å². The van der Waals surface area contributed by atoms with Gasteiger partial charge in [-0.05, 0) is 82.1 Å². The minimum Gasteiger partial charge on any atom is -0.481 e. The normalized spacial score (nSPS) is 15.8. The predicted molar refractivity (Wildman–Crippen MR) is 485 cm³/mol. The highest BCUT2D eigenvalue weighted by Crippen LogP contribution is 2.09. The van der Waals surface area contributed by atoms with Crippen molar-refractivity contribution in [3.63, 3.8) is 0 Å². The van der Waals surface area contributed by atoms with Crippen molar-refractivity contribution < 1.29 is 206 Å². The third-order valence-electron chi connectivity index (χ3n) is 19.8. The third kappa shape index (κ3) is 51.2. The molecule has 25 amide bonds. The summed E-state index contributed by atoms with van der Waals surface area (Å²) in [6.07, 6.45) is -17.9. The molecule has 147 heavy (non-hydrogen) atoms. The zero-order chi connectivity index (χ0) is 113. The van der Waals surface area contributed by atoms with Gasteiger partial charge < -0.3 is 211 Å². The molecule has 0 bridgehead atoms. The van der Waals surface area contributed by atoms with Crippen molar-refractivity contribution >= 4 is 166 Å². The number of nitrogens with two attached hydrogens (primary N) is 2. The standard InChI is InChI=1S/C79H130N26O42/c1-28(64(131)85-16-45(118)84-21-51(124)103-63(37(10)116)79(146)147)91-69(136)38(11-13-54(127)128)94-74(141)59(33(6)112)101-53(126)24-89-68(135)42(26-107)97-71(138)43(27-108)98-76(143)61(35(8)114)104-78(145)62(36(9)115)105-77(144)60(34(7)113)102-52(125)23-86-65(132)29(2)92-73(140)57(31(4)110)99-49(122)19-83-47(120)18-88-67(134)41(25-106)96-70(137)39(12-14-55(129)130)95-75(142)58(32(5)111)100-50(123)20-82-46(119)17-87-66(133)40(15-44(80)117)93-48(121)22-90-72(139)56(81)30(3)109/h28-43,56-63,106-116H,11-27,81H2,1-10H3,(H2,80,117)(H,82,119)(H,83,120)(H,84,118)(H,85,131)(H,86,132)(H,87,133)(H,88,134)(H,89,135)(H,90,139)(H,91,136)(H,92,140)(H,93,121)(H,94,141)(H,95,142)(H,96,137)(H,97,138)(H,98,143)(H,99,122)(H,100,123)(H,101,126)(H,102,125)(H,103,124)(H,104,145)(H,105,144)(H,127,128)(H,129,130)(H,146,147)/t28-,29-,30+,31+,32+,33+,34+,35+,36+,37+,38-,39-,40-,41-,42-,43-,56-,57-,58-,59-,60-,61-,62-,63-/m0/s1. The van der Waals surface area contributed by atoms with Gasteiger partial charge in [0.2, 0.25) is 148 Å². The molecular formula is C79H130N26O42. The average Bonchev–Trinajstić information content (AvgIpc) is 0.769. The largest absolute Gasteiger partial charge is 0.481 e. The monoisotopic (exact) mass is 2110 g/mol. The molecule has 0 saturated heterocycles. The van der Waals surface area contributed by atoms with Gasteiger partial charge >= 0.3 is 17.9 Å². The molecule has 0 aromatic carbocycles. The van der Waals surface area contributed by atoms with Gasteiger partial charge in [-0.25, -0.2) is 4.79 Å². The predicted octanol–water partition coefficient (Wildman–Crippen LogP) is -25.6. The summed E-state index contributed by atoms with van der Waals surface area (Å²) in [5, 5.41) is 189. The summed E-state index contributed by atoms with van der Waals surface area (Å²) in [7, 11) is 0. The number of amides is 25. The Morgan fingerprint density at radius 3 is 0.707 bits per heavy atom. The van der Waals surface area contributed by atoms with E-state index in [0.717, 1.165) is 62.3 Å². The summed E-state index contributed by atoms with van der Waals surface area (Å²) in [6.45, 7) is -2.31. The van der Waals surface area contributed by atoms with Gasteiger partial charge in [0.15, 0.2) is 6.04 Å². The van der Waals surface area contributed by atoms with Gasteiger partial charge in [-0.3, -0.25) is 129 Å². The lowest BCUT2D eigenvalue weighted by Crippen LogP contribution is -2.64. The maximum absolute atomic E-state index is 13.7. The van der Waals surface area contributed by atoms with Gasteiger partial charge in [0.1, 0.15) is 90.6 Å². The van der Waals surface area contributed by atoms with Crippen LogP contribution in [0.2, 0.25) is 0 Å². The van der Waals surface area contributed by atoms with Crippen LogP contribution in [0.3, 0.4) is 0 Å². The second kappa shape index (κ2) is 66.6. The molecule has 0 aliphatic carbocycles. The lowest BCUT2D eigenvalue weighted by molar-refractivity contribution is -0.144. The van der Waals surface area contributed by atoms with E-state index in [1.165, 1.54) is 6.92 Å². The summed E-state index contributed by atoms with van der Waals surface area (Å²) >= 11 is 0. The van der Waals surface area contributed by atoms with Crippen molar-refractivity contribution in [1.29, 1.82) is 0 Å². The van der Waals surface area contributed by atoms with Crippen LogP contribution in [-0.2, 0) is 134 Å². The SMILES string of the molecule is C[C@H](NC(=O)[C@H](CCC(=O)O)NC(=O)[C@@H](NC(=O)CNC(=O)[C@H](CO)NC(=O)[C@H](CO)NC(=O)[C@@H](NC(=O)[C@@H](NC(=O)[C@@H](NC(=O)CNC(=O)[C@H](C)NC(=O)[C@@H](NC(=O)CNC(=O)CNC(=O)[C@H](CO)NC(=O)[C@H](CCC(=O)O)NC(=O)[C@@H](NC(=O)CNC(=O)CNC(=O)[C@H](CC(N)=O)NC(=O)CNC(=O)[C@@H](N)[C@@H](C)O)[C@@H](C)O)[C@@H](C)O)[C@@H](C)O)[C@@H](C)O)[C@@H](C)O)[C@@H](C)O)C(=O)NCC(=O)NCC(=O)N[C@H](C(=O)O)[C@@H](C)O. The maximum atomic E-state index is 13.7. The van der Waals surface area contributed by atoms with Crippen molar-refractivity contribution in [2.24, 2.45) is 11.5 Å². The number of hydrogen-bond acceptors (Lipinski definition) is 40. The highest BCUT2D eigenvalue weighted by molar-refractivity contribution is 6.03. The Morgan fingerprint density at radius 2 is 0.429 bits per heavy atom. The van der Waals surface area contributed by atoms with E-state index >= 15 is 0 Å². The molecule has 0 radical (unpaired) electrons. The van der Waals surface area contributed by atoms with Gasteiger partial charge in [0.25, 0.3) is 0 Å². The Morgan fingerprint density at radius 1 is 0.218 bits per heavy atom. The van der Waals surface area contributed by atoms with E-state index in [4.69, 9.17) is 16.6 Å². The third-order valence-corrected chi connectivity index (χ3v) is 19.8. The summed E-state index contributed by atoms with van der Waals surface area (Å²) < 4.78 is 0. The van der Waals surface area contributed by atoms with E-state index in [0.29, 0.717) is 0 Å². The Hall–Kier alpha value is -15.3.